The third-order valence-corrected chi connectivity index (χ3v) is 6.63. The van der Waals surface area contributed by atoms with Crippen LogP contribution >= 0.6 is 11.6 Å². The Morgan fingerprint density at radius 1 is 1.02 bits per heavy atom. The quantitative estimate of drug-likeness (QED) is 0.270. The van der Waals surface area contributed by atoms with Crippen molar-refractivity contribution in [3.63, 3.8) is 0 Å². The molecule has 0 aliphatic carbocycles. The Morgan fingerprint density at radius 2 is 1.77 bits per heavy atom. The predicted molar refractivity (Wildman–Crippen MR) is 150 cm³/mol. The second-order valence-corrected chi connectivity index (χ2v) is 9.57. The number of carboxylic acid groups (broad SMARTS) is 1. The number of para-hydroxylation sites is 1. The Morgan fingerprint density at radius 3 is 2.50 bits per heavy atom. The number of ketones is 1. The molecule has 10 nitrogen and oxygen atoms in total. The summed E-state index contributed by atoms with van der Waals surface area (Å²) in [5.41, 5.74) is 1.83. The Balaban J connectivity index is 1.25. The van der Waals surface area contributed by atoms with Crippen molar-refractivity contribution in [3.8, 4) is 11.5 Å². The lowest BCUT2D eigenvalue weighted by molar-refractivity contribution is -0.179. The number of Topliss-reactive ketones (excluding diaryl/α,β-unsaturated/α-hetero) is 1. The number of carboxylic acids is 1. The number of carbonyl (C=O) groups is 3. The molecular formula is C29H30ClN3O7. The summed E-state index contributed by atoms with van der Waals surface area (Å²) in [5, 5.41) is 16.6. The summed E-state index contributed by atoms with van der Waals surface area (Å²) in [6, 6.07) is 17.7. The van der Waals surface area contributed by atoms with E-state index in [4.69, 9.17) is 31.0 Å². The molecule has 4 rings (SSSR count). The molecule has 2 amide bonds. The standard InChI is InChI=1S/C29H30ClN3O7/c1-38-27-16-19(8-13-26(27)32-29(37)31-25-7-3-2-6-24(25)30)15-22(34)18-40-33-14-4-5-21(33)17-39-23-11-9-20(10-12-23)28(35)36/h2-3,6-13,16,21H,4-5,14-15,17-18H2,1H3,(H,35,36)(H2,31,32,37)/t21-/m0/s1. The smallest absolute Gasteiger partial charge is 0.335 e. The van der Waals surface area contributed by atoms with Crippen molar-refractivity contribution in [2.75, 3.05) is 37.5 Å². The highest BCUT2D eigenvalue weighted by atomic mass is 35.5. The normalized spacial score (nSPS) is 14.9. The lowest BCUT2D eigenvalue weighted by Gasteiger charge is -2.23. The maximum absolute atomic E-state index is 12.7. The second kappa shape index (κ2) is 13.8. The van der Waals surface area contributed by atoms with Gasteiger partial charge in [-0.3, -0.25) is 9.63 Å². The molecule has 1 fully saturated rings. The lowest BCUT2D eigenvalue weighted by atomic mass is 10.1. The van der Waals surface area contributed by atoms with Gasteiger partial charge in [0.1, 0.15) is 24.7 Å². The van der Waals surface area contributed by atoms with Crippen LogP contribution in [0.15, 0.2) is 66.7 Å². The summed E-state index contributed by atoms with van der Waals surface area (Å²) in [7, 11) is 1.48. The molecule has 0 bridgehead atoms. The highest BCUT2D eigenvalue weighted by Gasteiger charge is 2.27. The number of aromatic carboxylic acids is 1. The third-order valence-electron chi connectivity index (χ3n) is 6.30. The second-order valence-electron chi connectivity index (χ2n) is 9.16. The number of ether oxygens (including phenoxy) is 2. The van der Waals surface area contributed by atoms with Gasteiger partial charge in [0, 0.05) is 13.0 Å². The van der Waals surface area contributed by atoms with E-state index in [1.807, 2.05) is 0 Å². The zero-order valence-electron chi connectivity index (χ0n) is 21.9. The summed E-state index contributed by atoms with van der Waals surface area (Å²) < 4.78 is 11.2. The summed E-state index contributed by atoms with van der Waals surface area (Å²) in [6.07, 6.45) is 1.90. The first kappa shape index (κ1) is 28.9. The van der Waals surface area contributed by atoms with Crippen LogP contribution in [0.1, 0.15) is 28.8 Å². The van der Waals surface area contributed by atoms with Crippen LogP contribution in [0.5, 0.6) is 11.5 Å². The molecule has 1 heterocycles. The van der Waals surface area contributed by atoms with Gasteiger partial charge in [-0.05, 0) is 66.9 Å². The first-order valence-corrected chi connectivity index (χ1v) is 13.1. The van der Waals surface area contributed by atoms with E-state index in [0.29, 0.717) is 46.6 Å². The molecule has 3 aromatic carbocycles. The molecule has 0 radical (unpaired) electrons. The number of rotatable bonds is 12. The fourth-order valence-corrected chi connectivity index (χ4v) is 4.44. The topological polar surface area (TPSA) is 126 Å². The minimum atomic E-state index is -0.991. The number of amides is 2. The molecule has 1 saturated heterocycles. The summed E-state index contributed by atoms with van der Waals surface area (Å²) in [4.78, 5) is 41.9. The minimum absolute atomic E-state index is 0.0192. The van der Waals surface area contributed by atoms with E-state index in [1.165, 1.54) is 19.2 Å². The van der Waals surface area contributed by atoms with Gasteiger partial charge in [0.05, 0.1) is 35.1 Å². The maximum Gasteiger partial charge on any atom is 0.335 e. The van der Waals surface area contributed by atoms with E-state index in [1.54, 1.807) is 59.7 Å². The summed E-state index contributed by atoms with van der Waals surface area (Å²) in [5.74, 6) is -0.125. The number of hydroxylamine groups is 2. The minimum Gasteiger partial charge on any atom is -0.495 e. The molecule has 3 N–H and O–H groups in total. The molecule has 210 valence electrons. The van der Waals surface area contributed by atoms with Crippen molar-refractivity contribution >= 4 is 40.8 Å². The van der Waals surface area contributed by atoms with Crippen LogP contribution in [-0.2, 0) is 16.1 Å². The fraction of sp³-hybridized carbons (Fsp3) is 0.276. The van der Waals surface area contributed by atoms with Crippen molar-refractivity contribution in [2.45, 2.75) is 25.3 Å². The molecule has 0 unspecified atom stereocenters. The van der Waals surface area contributed by atoms with Gasteiger partial charge < -0.3 is 25.2 Å². The summed E-state index contributed by atoms with van der Waals surface area (Å²) >= 11 is 6.09. The van der Waals surface area contributed by atoms with E-state index in [9.17, 15) is 14.4 Å². The van der Waals surface area contributed by atoms with Gasteiger partial charge in [0.2, 0.25) is 0 Å². The van der Waals surface area contributed by atoms with Crippen molar-refractivity contribution in [1.29, 1.82) is 0 Å². The average molecular weight is 568 g/mol. The van der Waals surface area contributed by atoms with E-state index < -0.39 is 12.0 Å². The molecule has 1 aliphatic heterocycles. The molecule has 0 spiro atoms. The van der Waals surface area contributed by atoms with Crippen LogP contribution in [-0.4, -0.2) is 60.9 Å². The molecule has 0 aromatic heterocycles. The Bertz CT molecular complexity index is 1350. The number of hydrogen-bond acceptors (Lipinski definition) is 7. The first-order chi connectivity index (χ1) is 19.3. The maximum atomic E-state index is 12.7. The zero-order valence-corrected chi connectivity index (χ0v) is 22.6. The number of urea groups is 1. The average Bonchev–Trinajstić information content (AvgIpc) is 3.40. The number of nitrogens with zero attached hydrogens (tertiary/aromatic N) is 1. The van der Waals surface area contributed by atoms with Gasteiger partial charge >= 0.3 is 12.0 Å². The Hall–Kier alpha value is -4.12. The molecule has 11 heteroatoms. The fourth-order valence-electron chi connectivity index (χ4n) is 4.25. The van der Waals surface area contributed by atoms with Crippen molar-refractivity contribution in [1.82, 2.24) is 5.06 Å². The molecular weight excluding hydrogens is 538 g/mol. The van der Waals surface area contributed by atoms with Crippen molar-refractivity contribution < 1.29 is 33.8 Å². The number of hydrogen-bond donors (Lipinski definition) is 3. The lowest BCUT2D eigenvalue weighted by Crippen LogP contribution is -2.36. The van der Waals surface area contributed by atoms with Crippen molar-refractivity contribution in [2.24, 2.45) is 0 Å². The number of anilines is 2. The highest BCUT2D eigenvalue weighted by Crippen LogP contribution is 2.27. The monoisotopic (exact) mass is 567 g/mol. The van der Waals surface area contributed by atoms with Gasteiger partial charge in [0.15, 0.2) is 5.78 Å². The third kappa shape index (κ3) is 7.95. The van der Waals surface area contributed by atoms with Crippen molar-refractivity contribution in [3.05, 3.63) is 82.9 Å². The first-order valence-electron chi connectivity index (χ1n) is 12.7. The van der Waals surface area contributed by atoms with Gasteiger partial charge in [-0.15, -0.1) is 0 Å². The van der Waals surface area contributed by atoms with Crippen LogP contribution in [0, 0.1) is 0 Å². The van der Waals surface area contributed by atoms with Crippen LogP contribution in [0.4, 0.5) is 16.2 Å². The number of halogens is 1. The van der Waals surface area contributed by atoms with Gasteiger partial charge in [-0.2, -0.15) is 5.06 Å². The molecule has 1 aliphatic rings. The zero-order chi connectivity index (χ0) is 28.5. The van der Waals surface area contributed by atoms with Crippen LogP contribution < -0.4 is 20.1 Å². The number of benzene rings is 3. The highest BCUT2D eigenvalue weighted by molar-refractivity contribution is 6.33. The molecule has 40 heavy (non-hydrogen) atoms. The Kier molecular flexibility index (Phi) is 9.96. The molecule has 3 aromatic rings. The van der Waals surface area contributed by atoms with Crippen LogP contribution in [0.3, 0.4) is 0 Å². The predicted octanol–water partition coefficient (Wildman–Crippen LogP) is 5.28. The molecule has 1 atom stereocenters. The van der Waals surface area contributed by atoms with Crippen LogP contribution in [0.2, 0.25) is 5.02 Å². The summed E-state index contributed by atoms with van der Waals surface area (Å²) in [6.45, 7) is 0.951. The van der Waals surface area contributed by atoms with E-state index in [-0.39, 0.29) is 30.4 Å². The number of carbonyl (C=O) groups excluding carboxylic acids is 2. The van der Waals surface area contributed by atoms with E-state index in [0.717, 1.165) is 12.8 Å². The number of methoxy groups -OCH3 is 1. The van der Waals surface area contributed by atoms with E-state index in [2.05, 4.69) is 10.6 Å². The van der Waals surface area contributed by atoms with E-state index >= 15 is 0 Å². The van der Waals surface area contributed by atoms with Gasteiger partial charge in [-0.1, -0.05) is 29.8 Å². The SMILES string of the molecule is COc1cc(CC(=O)CON2CCC[C@H]2COc2ccc(C(=O)O)cc2)ccc1NC(=O)Nc1ccccc1Cl. The largest absolute Gasteiger partial charge is 0.495 e. The molecule has 0 saturated carbocycles. The van der Waals surface area contributed by atoms with Crippen LogP contribution in [0.25, 0.3) is 0 Å². The van der Waals surface area contributed by atoms with Gasteiger partial charge in [-0.25, -0.2) is 9.59 Å². The van der Waals surface area contributed by atoms with Gasteiger partial charge in [0.25, 0.3) is 0 Å². The Labute approximate surface area is 236 Å². The number of nitrogens with one attached hydrogen (secondary N) is 2.